The minimum atomic E-state index is 0.0558. The fourth-order valence-electron chi connectivity index (χ4n) is 2.40. The van der Waals surface area contributed by atoms with Gasteiger partial charge in [-0.25, -0.2) is 4.98 Å². The van der Waals surface area contributed by atoms with Crippen molar-refractivity contribution < 1.29 is 4.79 Å². The van der Waals surface area contributed by atoms with Gasteiger partial charge in [0, 0.05) is 31.4 Å². The molecule has 0 bridgehead atoms. The number of carbonyl (C=O) groups is 1. The van der Waals surface area contributed by atoms with Crippen LogP contribution in [0.2, 0.25) is 5.15 Å². The third-order valence-electron chi connectivity index (χ3n) is 3.53. The van der Waals surface area contributed by atoms with Gasteiger partial charge in [0.25, 0.3) is 0 Å². The maximum Gasteiger partial charge on any atom is 0.239 e. The fourth-order valence-corrected chi connectivity index (χ4v) is 2.59. The Kier molecular flexibility index (Phi) is 4.47. The van der Waals surface area contributed by atoms with Crippen molar-refractivity contribution in [2.24, 2.45) is 0 Å². The topological polar surface area (TPSA) is 96.2 Å². The highest BCUT2D eigenvalue weighted by Crippen LogP contribution is 2.17. The number of rotatable bonds is 4. The molecule has 0 atom stereocenters. The molecular weight excluding hydrogens is 316 g/mol. The molecule has 0 aliphatic carbocycles. The van der Waals surface area contributed by atoms with E-state index in [-0.39, 0.29) is 11.9 Å². The molecule has 0 saturated carbocycles. The molecule has 0 unspecified atom stereocenters. The predicted molar refractivity (Wildman–Crippen MR) is 90.4 cm³/mol. The average molecular weight is 333 g/mol. The molecule has 4 N–H and O–H groups in total. The Morgan fingerprint density at radius 1 is 1.30 bits per heavy atom. The van der Waals surface area contributed by atoms with Gasteiger partial charge in [-0.3, -0.25) is 4.79 Å². The first-order valence-corrected chi connectivity index (χ1v) is 7.62. The highest BCUT2D eigenvalue weighted by Gasteiger charge is 2.16. The second-order valence-electron chi connectivity index (χ2n) is 5.23. The maximum atomic E-state index is 11.4. The molecule has 0 radical (unpaired) electrons. The molecule has 1 aliphatic heterocycles. The number of piperazine rings is 1. The van der Waals surface area contributed by atoms with E-state index in [0.29, 0.717) is 30.6 Å². The van der Waals surface area contributed by atoms with Crippen molar-refractivity contribution in [2.75, 3.05) is 35.6 Å². The van der Waals surface area contributed by atoms with Crippen molar-refractivity contribution >= 4 is 35.0 Å². The van der Waals surface area contributed by atoms with E-state index in [1.165, 1.54) is 0 Å². The number of nitrogens with one attached hydrogen (secondary N) is 2. The van der Waals surface area contributed by atoms with Crippen LogP contribution in [0.25, 0.3) is 0 Å². The Labute approximate surface area is 138 Å². The van der Waals surface area contributed by atoms with Crippen molar-refractivity contribution in [2.45, 2.75) is 6.54 Å². The summed E-state index contributed by atoms with van der Waals surface area (Å²) < 4.78 is 0. The van der Waals surface area contributed by atoms with E-state index >= 15 is 0 Å². The number of halogens is 1. The van der Waals surface area contributed by atoms with Crippen LogP contribution in [0.4, 0.5) is 17.5 Å². The van der Waals surface area contributed by atoms with E-state index in [2.05, 4.69) is 25.5 Å². The molecule has 8 heteroatoms. The number of hydrogen-bond acceptors (Lipinski definition) is 6. The lowest BCUT2D eigenvalue weighted by Gasteiger charge is -2.28. The van der Waals surface area contributed by atoms with E-state index < -0.39 is 0 Å². The second kappa shape index (κ2) is 6.70. The van der Waals surface area contributed by atoms with Crippen molar-refractivity contribution in [1.29, 1.82) is 0 Å². The van der Waals surface area contributed by atoms with Gasteiger partial charge in [0.15, 0.2) is 0 Å². The lowest BCUT2D eigenvalue weighted by Crippen LogP contribution is -2.47. The van der Waals surface area contributed by atoms with Crippen LogP contribution < -0.4 is 21.3 Å². The Morgan fingerprint density at radius 2 is 2.09 bits per heavy atom. The number of hydrogen-bond donors (Lipinski definition) is 3. The summed E-state index contributed by atoms with van der Waals surface area (Å²) in [7, 11) is 0. The van der Waals surface area contributed by atoms with Crippen molar-refractivity contribution in [1.82, 2.24) is 15.3 Å². The molecule has 1 aliphatic rings. The van der Waals surface area contributed by atoms with Crippen LogP contribution in [0.3, 0.4) is 0 Å². The number of aromatic nitrogens is 2. The number of carbonyl (C=O) groups excluding carboxylic acids is 1. The van der Waals surface area contributed by atoms with Gasteiger partial charge in [-0.2, -0.15) is 4.98 Å². The van der Waals surface area contributed by atoms with Gasteiger partial charge >= 0.3 is 0 Å². The zero-order valence-electron chi connectivity index (χ0n) is 12.4. The summed E-state index contributed by atoms with van der Waals surface area (Å²) in [6.45, 7) is 2.49. The molecule has 1 aromatic carbocycles. The third-order valence-corrected chi connectivity index (χ3v) is 3.72. The Bertz CT molecular complexity index is 685. The van der Waals surface area contributed by atoms with Gasteiger partial charge in [-0.05, 0) is 17.7 Å². The minimum absolute atomic E-state index is 0.0558. The molecule has 2 heterocycles. The minimum Gasteiger partial charge on any atom is -0.368 e. The lowest BCUT2D eigenvalue weighted by atomic mass is 10.2. The van der Waals surface area contributed by atoms with Crippen molar-refractivity contribution in [3.63, 3.8) is 0 Å². The molecule has 3 rings (SSSR count). The van der Waals surface area contributed by atoms with E-state index in [4.69, 9.17) is 17.3 Å². The molecule has 1 fully saturated rings. The summed E-state index contributed by atoms with van der Waals surface area (Å²) in [6.07, 6.45) is 0. The lowest BCUT2D eigenvalue weighted by molar-refractivity contribution is -0.120. The fraction of sp³-hybridized carbons (Fsp3) is 0.267. The van der Waals surface area contributed by atoms with Gasteiger partial charge in [0.05, 0.1) is 6.54 Å². The number of nitrogen functional groups attached to an aromatic ring is 1. The standard InChI is InChI=1S/C15H17ClN6O/c16-12-7-13(21-15(17)20-12)19-8-10-1-3-11(4-2-10)22-6-5-18-14(23)9-22/h1-4,7H,5-6,8-9H2,(H,18,23)(H3,17,19,20,21). The van der Waals surface area contributed by atoms with E-state index in [0.717, 1.165) is 17.8 Å². The summed E-state index contributed by atoms with van der Waals surface area (Å²) in [5, 5.41) is 6.28. The van der Waals surface area contributed by atoms with Gasteiger partial charge < -0.3 is 21.3 Å². The van der Waals surface area contributed by atoms with Crippen LogP contribution in [0, 0.1) is 0 Å². The molecule has 1 saturated heterocycles. The van der Waals surface area contributed by atoms with Crippen LogP contribution in [0.5, 0.6) is 0 Å². The van der Waals surface area contributed by atoms with E-state index in [9.17, 15) is 4.79 Å². The molecular formula is C15H17ClN6O. The molecule has 23 heavy (non-hydrogen) atoms. The molecule has 0 spiro atoms. The summed E-state index contributed by atoms with van der Waals surface area (Å²) in [5.74, 6) is 0.776. The number of nitrogens with zero attached hydrogens (tertiary/aromatic N) is 3. The molecule has 1 amide bonds. The first-order chi connectivity index (χ1) is 11.1. The van der Waals surface area contributed by atoms with E-state index in [1.54, 1.807) is 6.07 Å². The van der Waals surface area contributed by atoms with Gasteiger partial charge in [0.1, 0.15) is 11.0 Å². The Hall–Kier alpha value is -2.54. The highest BCUT2D eigenvalue weighted by atomic mass is 35.5. The summed E-state index contributed by atoms with van der Waals surface area (Å²) >= 11 is 5.84. The van der Waals surface area contributed by atoms with Crippen LogP contribution in [-0.2, 0) is 11.3 Å². The van der Waals surface area contributed by atoms with Gasteiger partial charge in [0.2, 0.25) is 11.9 Å². The summed E-state index contributed by atoms with van der Waals surface area (Å²) in [4.78, 5) is 21.4. The Morgan fingerprint density at radius 3 is 2.78 bits per heavy atom. The summed E-state index contributed by atoms with van der Waals surface area (Å²) in [5.41, 5.74) is 7.68. The van der Waals surface area contributed by atoms with Crippen molar-refractivity contribution in [3.05, 3.63) is 41.0 Å². The normalized spacial score (nSPS) is 14.5. The third kappa shape index (κ3) is 4.01. The monoisotopic (exact) mass is 332 g/mol. The maximum absolute atomic E-state index is 11.4. The number of amides is 1. The SMILES string of the molecule is Nc1nc(Cl)cc(NCc2ccc(N3CCNC(=O)C3)cc2)n1. The molecule has 120 valence electrons. The first-order valence-electron chi connectivity index (χ1n) is 7.25. The van der Waals surface area contributed by atoms with Crippen LogP contribution in [-0.4, -0.2) is 35.5 Å². The number of anilines is 3. The smallest absolute Gasteiger partial charge is 0.239 e. The predicted octanol–water partition coefficient (Wildman–Crippen LogP) is 1.26. The quantitative estimate of drug-likeness (QED) is 0.729. The second-order valence-corrected chi connectivity index (χ2v) is 5.61. The van der Waals surface area contributed by atoms with E-state index in [1.807, 2.05) is 24.3 Å². The van der Waals surface area contributed by atoms with Crippen LogP contribution >= 0.6 is 11.6 Å². The van der Waals surface area contributed by atoms with Crippen LogP contribution in [0.1, 0.15) is 5.56 Å². The Balaban J connectivity index is 1.62. The number of benzene rings is 1. The van der Waals surface area contributed by atoms with Gasteiger partial charge in [-0.1, -0.05) is 23.7 Å². The molecule has 1 aromatic heterocycles. The number of nitrogens with two attached hydrogens (primary N) is 1. The van der Waals surface area contributed by atoms with Gasteiger partial charge in [-0.15, -0.1) is 0 Å². The largest absolute Gasteiger partial charge is 0.368 e. The zero-order chi connectivity index (χ0) is 16.2. The molecule has 2 aromatic rings. The van der Waals surface area contributed by atoms with Crippen molar-refractivity contribution in [3.8, 4) is 0 Å². The van der Waals surface area contributed by atoms with Crippen LogP contribution in [0.15, 0.2) is 30.3 Å². The molecule has 7 nitrogen and oxygen atoms in total. The highest BCUT2D eigenvalue weighted by molar-refractivity contribution is 6.29. The first kappa shape index (κ1) is 15.4. The zero-order valence-corrected chi connectivity index (χ0v) is 13.2. The average Bonchev–Trinajstić information content (AvgIpc) is 2.52. The summed E-state index contributed by atoms with van der Waals surface area (Å²) in [6, 6.07) is 9.68.